The van der Waals surface area contributed by atoms with Crippen LogP contribution in [0.1, 0.15) is 35.7 Å². The zero-order valence-corrected chi connectivity index (χ0v) is 17.0. The SMILES string of the molecule is O=C(Cn1nc(C(F)(F)F)c(Br)c1C1CC1)Nc1ccn(Cc2cccc(F)c2)n1. The van der Waals surface area contributed by atoms with Crippen molar-refractivity contribution in [2.75, 3.05) is 5.32 Å². The van der Waals surface area contributed by atoms with E-state index in [0.29, 0.717) is 17.8 Å². The van der Waals surface area contributed by atoms with E-state index < -0.39 is 17.8 Å². The molecular formula is C19H16BrF4N5O. The summed E-state index contributed by atoms with van der Waals surface area (Å²) in [5, 5.41) is 10.4. The third-order valence-corrected chi connectivity index (χ3v) is 5.38. The number of alkyl halides is 3. The van der Waals surface area contributed by atoms with Gasteiger partial charge in [0.25, 0.3) is 0 Å². The Morgan fingerprint density at radius 2 is 2.00 bits per heavy atom. The van der Waals surface area contributed by atoms with Crippen LogP contribution in [0.5, 0.6) is 0 Å². The molecule has 0 saturated heterocycles. The zero-order valence-electron chi connectivity index (χ0n) is 15.5. The molecule has 0 spiro atoms. The molecule has 1 aliphatic carbocycles. The first-order valence-corrected chi connectivity index (χ1v) is 9.91. The van der Waals surface area contributed by atoms with E-state index in [2.05, 4.69) is 31.4 Å². The van der Waals surface area contributed by atoms with Crippen LogP contribution in [0.25, 0.3) is 0 Å². The van der Waals surface area contributed by atoms with Crippen molar-refractivity contribution in [3.63, 3.8) is 0 Å². The lowest BCUT2D eigenvalue weighted by molar-refractivity contribution is -0.142. The molecule has 0 aliphatic heterocycles. The molecule has 11 heteroatoms. The Morgan fingerprint density at radius 3 is 2.67 bits per heavy atom. The van der Waals surface area contributed by atoms with E-state index in [9.17, 15) is 22.4 Å². The molecule has 1 aliphatic rings. The van der Waals surface area contributed by atoms with Gasteiger partial charge in [-0.3, -0.25) is 14.2 Å². The van der Waals surface area contributed by atoms with Gasteiger partial charge in [0, 0.05) is 18.2 Å². The average molecular weight is 486 g/mol. The Labute approximate surface area is 177 Å². The van der Waals surface area contributed by atoms with Crippen LogP contribution >= 0.6 is 15.9 Å². The number of aromatic nitrogens is 4. The highest BCUT2D eigenvalue weighted by Gasteiger charge is 2.41. The molecule has 2 aromatic heterocycles. The first-order valence-electron chi connectivity index (χ1n) is 9.12. The topological polar surface area (TPSA) is 64.7 Å². The molecule has 0 bridgehead atoms. The smallest absolute Gasteiger partial charge is 0.308 e. The number of nitrogens with one attached hydrogen (secondary N) is 1. The van der Waals surface area contributed by atoms with Crippen molar-refractivity contribution >= 4 is 27.7 Å². The maximum Gasteiger partial charge on any atom is 0.436 e. The van der Waals surface area contributed by atoms with Gasteiger partial charge in [0.05, 0.1) is 16.7 Å². The lowest BCUT2D eigenvalue weighted by Gasteiger charge is -2.07. The number of anilines is 1. The molecule has 1 aromatic carbocycles. The van der Waals surface area contributed by atoms with Gasteiger partial charge in [-0.05, 0) is 46.5 Å². The molecular weight excluding hydrogens is 470 g/mol. The zero-order chi connectivity index (χ0) is 21.5. The standard InChI is InChI=1S/C19H16BrF4N5O/c20-16-17(12-4-5-12)29(27-18(16)19(22,23)24)10-15(30)25-14-6-7-28(26-14)9-11-2-1-3-13(21)8-11/h1-3,6-8,12H,4-5,9-10H2,(H,25,26,30). The second kappa shape index (κ2) is 7.86. The third-order valence-electron chi connectivity index (χ3n) is 4.60. The predicted molar refractivity (Wildman–Crippen MR) is 103 cm³/mol. The van der Waals surface area contributed by atoms with E-state index >= 15 is 0 Å². The molecule has 0 radical (unpaired) electrons. The number of nitrogens with zero attached hydrogens (tertiary/aromatic N) is 4. The highest BCUT2D eigenvalue weighted by molar-refractivity contribution is 9.10. The van der Waals surface area contributed by atoms with Gasteiger partial charge in [0.2, 0.25) is 5.91 Å². The summed E-state index contributed by atoms with van der Waals surface area (Å²) >= 11 is 3.00. The van der Waals surface area contributed by atoms with Crippen LogP contribution in [-0.2, 0) is 24.1 Å². The number of rotatable bonds is 6. The summed E-state index contributed by atoms with van der Waals surface area (Å²) in [6.45, 7) is -0.0578. The van der Waals surface area contributed by atoms with Crippen molar-refractivity contribution in [2.45, 2.75) is 38.0 Å². The van der Waals surface area contributed by atoms with Crippen LogP contribution in [0.3, 0.4) is 0 Å². The molecule has 6 nitrogen and oxygen atoms in total. The largest absolute Gasteiger partial charge is 0.436 e. The number of carbonyl (C=O) groups excluding carboxylic acids is 1. The van der Waals surface area contributed by atoms with Crippen molar-refractivity contribution in [3.05, 3.63) is 63.8 Å². The fourth-order valence-corrected chi connectivity index (χ4v) is 3.99. The van der Waals surface area contributed by atoms with E-state index in [4.69, 9.17) is 0 Å². The number of hydrogen-bond donors (Lipinski definition) is 1. The van der Waals surface area contributed by atoms with Crippen molar-refractivity contribution < 1.29 is 22.4 Å². The van der Waals surface area contributed by atoms with Crippen molar-refractivity contribution in [3.8, 4) is 0 Å². The lowest BCUT2D eigenvalue weighted by Crippen LogP contribution is -2.21. The Bertz CT molecular complexity index is 1090. The molecule has 1 amide bonds. The van der Waals surface area contributed by atoms with Crippen LogP contribution in [-0.4, -0.2) is 25.5 Å². The van der Waals surface area contributed by atoms with Gasteiger partial charge >= 0.3 is 6.18 Å². The molecule has 30 heavy (non-hydrogen) atoms. The Balaban J connectivity index is 1.45. The Morgan fingerprint density at radius 1 is 1.23 bits per heavy atom. The normalized spacial score (nSPS) is 14.2. The van der Waals surface area contributed by atoms with Crippen LogP contribution in [0.2, 0.25) is 0 Å². The van der Waals surface area contributed by atoms with Gasteiger partial charge in [-0.1, -0.05) is 12.1 Å². The minimum absolute atomic E-state index is 0.0405. The molecule has 4 rings (SSSR count). The summed E-state index contributed by atoms with van der Waals surface area (Å²) in [5.74, 6) is -0.701. The third kappa shape index (κ3) is 4.55. The van der Waals surface area contributed by atoms with E-state index in [-0.39, 0.29) is 28.6 Å². The monoisotopic (exact) mass is 485 g/mol. The van der Waals surface area contributed by atoms with Crippen LogP contribution in [0.15, 0.2) is 41.0 Å². The van der Waals surface area contributed by atoms with Gasteiger partial charge in [0.1, 0.15) is 12.4 Å². The van der Waals surface area contributed by atoms with Gasteiger partial charge in [0.15, 0.2) is 11.5 Å². The van der Waals surface area contributed by atoms with Crippen molar-refractivity contribution in [1.29, 1.82) is 0 Å². The van der Waals surface area contributed by atoms with Crippen LogP contribution in [0, 0.1) is 5.82 Å². The molecule has 1 N–H and O–H groups in total. The average Bonchev–Trinajstić information content (AvgIpc) is 3.30. The molecule has 3 aromatic rings. The first-order chi connectivity index (χ1) is 14.2. The number of benzene rings is 1. The predicted octanol–water partition coefficient (Wildman–Crippen LogP) is 4.56. The minimum atomic E-state index is -4.61. The fraction of sp³-hybridized carbons (Fsp3) is 0.316. The second-order valence-electron chi connectivity index (χ2n) is 7.05. The Kier molecular flexibility index (Phi) is 5.39. The second-order valence-corrected chi connectivity index (χ2v) is 7.85. The number of halogens is 5. The van der Waals surface area contributed by atoms with Gasteiger partial charge in [-0.15, -0.1) is 0 Å². The summed E-state index contributed by atoms with van der Waals surface area (Å²) in [4.78, 5) is 12.4. The van der Waals surface area contributed by atoms with Gasteiger partial charge < -0.3 is 5.32 Å². The summed E-state index contributed by atoms with van der Waals surface area (Å²) in [6.07, 6.45) is -1.48. The summed E-state index contributed by atoms with van der Waals surface area (Å²) < 4.78 is 55.3. The summed E-state index contributed by atoms with van der Waals surface area (Å²) in [5.41, 5.74) is 0.0526. The number of carbonyl (C=O) groups is 1. The maximum atomic E-state index is 13.3. The quantitative estimate of drug-likeness (QED) is 0.520. The molecule has 2 heterocycles. The Hall–Kier alpha value is -2.69. The molecule has 0 unspecified atom stereocenters. The lowest BCUT2D eigenvalue weighted by atomic mass is 10.2. The van der Waals surface area contributed by atoms with Crippen LogP contribution < -0.4 is 5.32 Å². The number of hydrogen-bond acceptors (Lipinski definition) is 3. The summed E-state index contributed by atoms with van der Waals surface area (Å²) in [6, 6.07) is 7.61. The van der Waals surface area contributed by atoms with Crippen molar-refractivity contribution in [2.24, 2.45) is 0 Å². The molecule has 0 atom stereocenters. The highest BCUT2D eigenvalue weighted by Crippen LogP contribution is 2.46. The van der Waals surface area contributed by atoms with E-state index in [0.717, 1.165) is 17.5 Å². The first kappa shape index (κ1) is 20.6. The van der Waals surface area contributed by atoms with E-state index in [1.807, 2.05) is 0 Å². The van der Waals surface area contributed by atoms with Gasteiger partial charge in [-0.2, -0.15) is 23.4 Å². The fourth-order valence-electron chi connectivity index (χ4n) is 3.16. The number of amides is 1. The van der Waals surface area contributed by atoms with Crippen LogP contribution in [0.4, 0.5) is 23.4 Å². The van der Waals surface area contributed by atoms with E-state index in [1.165, 1.54) is 16.8 Å². The van der Waals surface area contributed by atoms with E-state index in [1.54, 1.807) is 24.4 Å². The molecule has 158 valence electrons. The molecule has 1 fully saturated rings. The summed E-state index contributed by atoms with van der Waals surface area (Å²) in [7, 11) is 0. The highest BCUT2D eigenvalue weighted by atomic mass is 79.9. The minimum Gasteiger partial charge on any atom is -0.308 e. The van der Waals surface area contributed by atoms with Gasteiger partial charge in [-0.25, -0.2) is 4.39 Å². The van der Waals surface area contributed by atoms with Crippen molar-refractivity contribution in [1.82, 2.24) is 19.6 Å². The molecule has 1 saturated carbocycles. The maximum absolute atomic E-state index is 13.3.